The predicted molar refractivity (Wildman–Crippen MR) is 91.1 cm³/mol. The zero-order chi connectivity index (χ0) is 15.6. The van der Waals surface area contributed by atoms with Crippen molar-refractivity contribution in [2.45, 2.75) is 110 Å². The first-order valence-corrected chi connectivity index (χ1v) is 9.22. The number of nitrogens with one attached hydrogen (secondary N) is 1. The fourth-order valence-electron chi connectivity index (χ4n) is 2.71. The van der Waals surface area contributed by atoms with Gasteiger partial charge in [-0.25, -0.2) is 0 Å². The minimum Gasteiger partial charge on any atom is -0.759 e. The molecule has 0 aliphatic carbocycles. The smallest absolute Gasteiger partial charge is 0.209 e. The lowest BCUT2D eigenvalue weighted by Gasteiger charge is -2.06. The molecule has 3 nitrogen and oxygen atoms in total. The summed E-state index contributed by atoms with van der Waals surface area (Å²) in [6, 6.07) is 0. The Morgan fingerprint density at radius 1 is 0.667 bits per heavy atom. The van der Waals surface area contributed by atoms with Crippen LogP contribution in [0.4, 0.5) is 0 Å². The molecule has 3 heteroatoms. The lowest BCUT2D eigenvalue weighted by atomic mass is 10.0. The molecule has 0 spiro atoms. The molecule has 0 unspecified atom stereocenters. The van der Waals surface area contributed by atoms with E-state index < -0.39 is 0 Å². The molecular weight excluding hydrogens is 262 g/mol. The summed E-state index contributed by atoms with van der Waals surface area (Å²) in [5, 5.41) is 10.0. The molecule has 0 aliphatic heterocycles. The van der Waals surface area contributed by atoms with Crippen LogP contribution in [0.25, 0.3) is 0 Å². The lowest BCUT2D eigenvalue weighted by Crippen LogP contribution is -2.14. The molecule has 0 atom stereocenters. The molecule has 1 amide bonds. The van der Waals surface area contributed by atoms with E-state index >= 15 is 0 Å². The van der Waals surface area contributed by atoms with Crippen molar-refractivity contribution in [3.8, 4) is 0 Å². The van der Waals surface area contributed by atoms with E-state index in [0.717, 1.165) is 12.8 Å². The maximum absolute atomic E-state index is 10.7. The third-order valence-corrected chi connectivity index (χ3v) is 4.12. The van der Waals surface area contributed by atoms with Crippen LogP contribution in [0.1, 0.15) is 110 Å². The van der Waals surface area contributed by atoms with Crippen LogP contribution in [0, 0.1) is 5.21 Å². The summed E-state index contributed by atoms with van der Waals surface area (Å²) in [5.74, 6) is -0.371. The molecule has 21 heavy (non-hydrogen) atoms. The summed E-state index contributed by atoms with van der Waals surface area (Å²) in [6.07, 6.45) is 20.1. The van der Waals surface area contributed by atoms with Crippen molar-refractivity contribution in [3.63, 3.8) is 0 Å². The standard InChI is InChI=1S/C18H36NO2/c1-2-3-4-5-6-7-8-9-10-11-12-13-14-15-16-17-18(20)19-21/h2-17H2,1H3,(H-,19,20,21)/q-1. The SMILES string of the molecule is CCCCCCCCCCCCCCCCCC(=O)N[O-]. The molecule has 0 rings (SSSR count). The molecule has 1 N–H and O–H groups in total. The molecule has 0 radical (unpaired) electrons. The van der Waals surface area contributed by atoms with Gasteiger partial charge in [0.2, 0.25) is 5.91 Å². The largest absolute Gasteiger partial charge is 0.759 e. The van der Waals surface area contributed by atoms with Crippen LogP contribution in [-0.2, 0) is 4.79 Å². The number of hydrogen-bond donors (Lipinski definition) is 1. The Morgan fingerprint density at radius 2 is 1.00 bits per heavy atom. The van der Waals surface area contributed by atoms with E-state index in [1.165, 1.54) is 89.0 Å². The van der Waals surface area contributed by atoms with Gasteiger partial charge in [0.25, 0.3) is 0 Å². The molecule has 0 saturated heterocycles. The van der Waals surface area contributed by atoms with Crippen molar-refractivity contribution in [1.29, 1.82) is 0 Å². The number of hydrogen-bond acceptors (Lipinski definition) is 2. The van der Waals surface area contributed by atoms with Gasteiger partial charge in [-0.2, -0.15) is 0 Å². The highest BCUT2D eigenvalue weighted by molar-refractivity contribution is 5.76. The zero-order valence-electron chi connectivity index (χ0n) is 14.1. The minimum absolute atomic E-state index is 0.371. The fraction of sp³-hybridized carbons (Fsp3) is 0.944. The van der Waals surface area contributed by atoms with Gasteiger partial charge in [0, 0.05) is 6.42 Å². The molecule has 126 valence electrons. The van der Waals surface area contributed by atoms with E-state index in [1.54, 1.807) is 0 Å². The molecule has 0 aromatic heterocycles. The van der Waals surface area contributed by atoms with Crippen LogP contribution >= 0.6 is 0 Å². The van der Waals surface area contributed by atoms with Gasteiger partial charge in [-0.1, -0.05) is 96.8 Å². The van der Waals surface area contributed by atoms with E-state index in [0.29, 0.717) is 6.42 Å². The van der Waals surface area contributed by atoms with Crippen molar-refractivity contribution in [2.75, 3.05) is 0 Å². The van der Waals surface area contributed by atoms with Gasteiger partial charge in [-0.05, 0) is 6.42 Å². The van der Waals surface area contributed by atoms with Crippen molar-refractivity contribution in [1.82, 2.24) is 5.48 Å². The summed E-state index contributed by atoms with van der Waals surface area (Å²) < 4.78 is 0. The Hall–Kier alpha value is -0.570. The van der Waals surface area contributed by atoms with Gasteiger partial charge in [0.15, 0.2) is 0 Å². The second-order valence-electron chi connectivity index (χ2n) is 6.22. The topological polar surface area (TPSA) is 52.2 Å². The van der Waals surface area contributed by atoms with E-state index in [4.69, 9.17) is 0 Å². The third kappa shape index (κ3) is 17.4. The third-order valence-electron chi connectivity index (χ3n) is 4.12. The zero-order valence-corrected chi connectivity index (χ0v) is 14.1. The van der Waals surface area contributed by atoms with Crippen molar-refractivity contribution in [3.05, 3.63) is 5.21 Å². The van der Waals surface area contributed by atoms with E-state index in [9.17, 15) is 10.0 Å². The summed E-state index contributed by atoms with van der Waals surface area (Å²) >= 11 is 0. The Morgan fingerprint density at radius 3 is 1.33 bits per heavy atom. The van der Waals surface area contributed by atoms with Crippen molar-refractivity contribution in [2.24, 2.45) is 0 Å². The van der Waals surface area contributed by atoms with E-state index in [1.807, 2.05) is 0 Å². The predicted octanol–water partition coefficient (Wildman–Crippen LogP) is 5.86. The average Bonchev–Trinajstić information content (AvgIpc) is 2.50. The normalized spacial score (nSPS) is 10.8. The average molecular weight is 298 g/mol. The quantitative estimate of drug-likeness (QED) is 0.286. The summed E-state index contributed by atoms with van der Waals surface area (Å²) in [6.45, 7) is 2.27. The van der Waals surface area contributed by atoms with Crippen LogP contribution in [-0.4, -0.2) is 5.91 Å². The van der Waals surface area contributed by atoms with Crippen LogP contribution in [0.3, 0.4) is 0 Å². The minimum atomic E-state index is -0.371. The highest BCUT2D eigenvalue weighted by Crippen LogP contribution is 2.13. The maximum atomic E-state index is 10.7. The number of carbonyl (C=O) groups excluding carboxylic acids is 1. The second-order valence-corrected chi connectivity index (χ2v) is 6.22. The first kappa shape index (κ1) is 20.4. The lowest BCUT2D eigenvalue weighted by molar-refractivity contribution is -0.120. The first-order chi connectivity index (χ1) is 10.3. The summed E-state index contributed by atoms with van der Waals surface area (Å²) in [5.41, 5.74) is 1.43. The molecule has 0 saturated carbocycles. The van der Waals surface area contributed by atoms with Gasteiger partial charge in [-0.15, -0.1) is 0 Å². The highest BCUT2D eigenvalue weighted by Gasteiger charge is 1.96. The monoisotopic (exact) mass is 298 g/mol. The fourth-order valence-corrected chi connectivity index (χ4v) is 2.71. The molecule has 0 aromatic rings. The molecule has 0 aliphatic rings. The Bertz CT molecular complexity index is 219. The Kier molecular flexibility index (Phi) is 17.0. The van der Waals surface area contributed by atoms with Crippen LogP contribution in [0.2, 0.25) is 0 Å². The van der Waals surface area contributed by atoms with E-state index in [2.05, 4.69) is 6.92 Å². The first-order valence-electron chi connectivity index (χ1n) is 9.22. The van der Waals surface area contributed by atoms with Crippen LogP contribution < -0.4 is 5.48 Å². The van der Waals surface area contributed by atoms with E-state index in [-0.39, 0.29) is 5.91 Å². The van der Waals surface area contributed by atoms with Crippen LogP contribution in [0.15, 0.2) is 0 Å². The number of amides is 1. The highest BCUT2D eigenvalue weighted by atomic mass is 16.5. The summed E-state index contributed by atoms with van der Waals surface area (Å²) in [7, 11) is 0. The molecule has 0 aromatic carbocycles. The second kappa shape index (κ2) is 17.5. The van der Waals surface area contributed by atoms with Gasteiger partial charge < -0.3 is 10.7 Å². The van der Waals surface area contributed by atoms with Crippen molar-refractivity contribution < 1.29 is 4.79 Å². The number of rotatable bonds is 16. The summed E-state index contributed by atoms with van der Waals surface area (Å²) in [4.78, 5) is 10.7. The molecule has 0 bridgehead atoms. The Balaban J connectivity index is 2.98. The molecule has 0 heterocycles. The van der Waals surface area contributed by atoms with Gasteiger partial charge >= 0.3 is 0 Å². The Labute approximate surface area is 131 Å². The number of carbonyl (C=O) groups is 1. The number of hydroxylamine groups is 1. The number of unbranched alkanes of at least 4 members (excludes halogenated alkanes) is 14. The molecular formula is C18H36NO2-. The van der Waals surface area contributed by atoms with Gasteiger partial charge in [0.05, 0.1) is 0 Å². The molecule has 0 fully saturated rings. The maximum Gasteiger partial charge on any atom is 0.209 e. The van der Waals surface area contributed by atoms with Gasteiger partial charge in [0.1, 0.15) is 0 Å². The van der Waals surface area contributed by atoms with Gasteiger partial charge in [-0.3, -0.25) is 4.79 Å². The van der Waals surface area contributed by atoms with Crippen LogP contribution in [0.5, 0.6) is 0 Å². The van der Waals surface area contributed by atoms with Crippen molar-refractivity contribution >= 4 is 5.91 Å².